The van der Waals surface area contributed by atoms with Crippen LogP contribution < -0.4 is 15.4 Å². The van der Waals surface area contributed by atoms with Gasteiger partial charge in [-0.05, 0) is 50.5 Å². The monoisotopic (exact) mass is 767 g/mol. The van der Waals surface area contributed by atoms with Gasteiger partial charge in [0, 0.05) is 43.2 Å². The summed E-state index contributed by atoms with van der Waals surface area (Å²) in [4.78, 5) is 35.3. The van der Waals surface area contributed by atoms with Crippen molar-refractivity contribution in [3.63, 3.8) is 0 Å². The maximum absolute atomic E-state index is 13.9. The van der Waals surface area contributed by atoms with Gasteiger partial charge in [0.2, 0.25) is 17.7 Å². The Balaban J connectivity index is 1.19. The van der Waals surface area contributed by atoms with E-state index in [1.54, 1.807) is 41.3 Å². The van der Waals surface area contributed by atoms with E-state index in [-0.39, 0.29) is 45.0 Å². The summed E-state index contributed by atoms with van der Waals surface area (Å²) in [5.74, 6) is -1.35. The summed E-state index contributed by atoms with van der Waals surface area (Å²) in [6.45, 7) is 2.45. The fourth-order valence-corrected chi connectivity index (χ4v) is 7.22. The number of aromatic nitrogens is 1. The highest BCUT2D eigenvalue weighted by molar-refractivity contribution is 5.82. The van der Waals surface area contributed by atoms with Gasteiger partial charge in [-0.15, -0.1) is 0 Å². The Morgan fingerprint density at radius 1 is 1.02 bits per heavy atom. The molecule has 0 aliphatic carbocycles. The van der Waals surface area contributed by atoms with E-state index in [9.17, 15) is 37.4 Å². The van der Waals surface area contributed by atoms with Gasteiger partial charge in [-0.25, -0.2) is 9.37 Å². The molecule has 1 saturated heterocycles. The molecule has 55 heavy (non-hydrogen) atoms. The maximum Gasteiger partial charge on any atom is 0.405 e. The largest absolute Gasteiger partial charge is 0.490 e. The first-order valence-electron chi connectivity index (χ1n) is 18.2. The van der Waals surface area contributed by atoms with Crippen LogP contribution in [-0.2, 0) is 21.5 Å². The number of β-amino-alcohol motifs (C(OH)–C–C–N with tert-alkyl or cyclic N) is 1. The van der Waals surface area contributed by atoms with Gasteiger partial charge >= 0.3 is 6.18 Å². The minimum atomic E-state index is -4.64. The quantitative estimate of drug-likeness (QED) is 0.144. The van der Waals surface area contributed by atoms with Gasteiger partial charge in [-0.2, -0.15) is 13.2 Å². The summed E-state index contributed by atoms with van der Waals surface area (Å²) >= 11 is 0. The smallest absolute Gasteiger partial charge is 0.405 e. The van der Waals surface area contributed by atoms with Gasteiger partial charge < -0.3 is 30.0 Å². The van der Waals surface area contributed by atoms with Crippen molar-refractivity contribution in [1.29, 1.82) is 0 Å². The highest BCUT2D eigenvalue weighted by Crippen LogP contribution is 2.34. The molecule has 0 unspecified atom stereocenters. The van der Waals surface area contributed by atoms with Gasteiger partial charge in [0.05, 0.1) is 23.9 Å². The van der Waals surface area contributed by atoms with Crippen LogP contribution in [-0.4, -0.2) is 101 Å². The van der Waals surface area contributed by atoms with Gasteiger partial charge in [0.15, 0.2) is 5.76 Å². The lowest BCUT2D eigenvalue weighted by atomic mass is 9.90. The van der Waals surface area contributed by atoms with Crippen LogP contribution in [0.1, 0.15) is 43.3 Å². The number of hydrogen-bond acceptors (Lipinski definition) is 9. The summed E-state index contributed by atoms with van der Waals surface area (Å²) in [5, 5.41) is 27.3. The van der Waals surface area contributed by atoms with Gasteiger partial charge in [0.1, 0.15) is 36.9 Å². The fourth-order valence-electron chi connectivity index (χ4n) is 7.22. The lowest BCUT2D eigenvalue weighted by Crippen LogP contribution is -2.63. The number of alkyl halides is 3. The third-order valence-corrected chi connectivity index (χ3v) is 10.2. The minimum Gasteiger partial charge on any atom is -0.490 e. The Bertz CT molecular complexity index is 1920. The zero-order chi connectivity index (χ0) is 39.3. The molecule has 294 valence electrons. The maximum atomic E-state index is 13.9. The number of aliphatic hydroxyl groups excluding tert-OH is 2. The molecule has 0 saturated carbocycles. The number of rotatable bonds is 13. The van der Waals surface area contributed by atoms with Crippen molar-refractivity contribution < 1.29 is 46.5 Å². The number of para-hydroxylation sites is 1. The van der Waals surface area contributed by atoms with Crippen LogP contribution in [0.4, 0.5) is 17.6 Å². The van der Waals surface area contributed by atoms with Crippen LogP contribution in [0.15, 0.2) is 89.5 Å². The number of hydrogen-bond donors (Lipinski definition) is 4. The van der Waals surface area contributed by atoms with Crippen LogP contribution in [0.3, 0.4) is 0 Å². The highest BCUT2D eigenvalue weighted by Gasteiger charge is 2.43. The van der Waals surface area contributed by atoms with Crippen molar-refractivity contribution in [1.82, 2.24) is 25.4 Å². The molecule has 5 atom stereocenters. The van der Waals surface area contributed by atoms with Crippen LogP contribution in [0.2, 0.25) is 0 Å². The van der Waals surface area contributed by atoms with Crippen molar-refractivity contribution in [2.24, 2.45) is 5.92 Å². The molecule has 11 nitrogen and oxygen atoms in total. The summed E-state index contributed by atoms with van der Waals surface area (Å²) in [5.41, 5.74) is 1.00. The number of carbonyl (C=O) groups is 2. The van der Waals surface area contributed by atoms with Gasteiger partial charge in [0.25, 0.3) is 0 Å². The molecule has 6 rings (SSSR count). The molecule has 0 radical (unpaired) electrons. The Kier molecular flexibility index (Phi) is 12.2. The number of halogens is 4. The second-order valence-corrected chi connectivity index (χ2v) is 14.6. The molecule has 0 bridgehead atoms. The molecular weight excluding hydrogens is 722 g/mol. The average Bonchev–Trinajstić information content (AvgIpc) is 3.67. The molecule has 1 fully saturated rings. The predicted octanol–water partition coefficient (Wildman–Crippen LogP) is 4.60. The van der Waals surface area contributed by atoms with E-state index in [0.717, 1.165) is 5.56 Å². The van der Waals surface area contributed by atoms with Crippen LogP contribution in [0.5, 0.6) is 5.75 Å². The number of aliphatic hydroxyl groups is 2. The zero-order valence-corrected chi connectivity index (χ0v) is 30.5. The third kappa shape index (κ3) is 9.89. The molecule has 3 aromatic carbocycles. The molecule has 15 heteroatoms. The lowest BCUT2D eigenvalue weighted by molar-refractivity contribution is -0.144. The first-order chi connectivity index (χ1) is 26.2. The van der Waals surface area contributed by atoms with Gasteiger partial charge in [-0.1, -0.05) is 60.7 Å². The van der Waals surface area contributed by atoms with E-state index < -0.39 is 66.1 Å². The van der Waals surface area contributed by atoms with Crippen molar-refractivity contribution in [3.05, 3.63) is 108 Å². The van der Waals surface area contributed by atoms with Crippen molar-refractivity contribution in [2.45, 2.75) is 62.7 Å². The number of nitrogens with zero attached hydrogens (tertiary/aromatic N) is 3. The SMILES string of the molecule is CC(C)(c1ncc(-c2cccc(F)c2)o1)N1CCN(C[C@@H](O)C[C@@H](Cc2ccccc2)C(=O)N[C@H]2c3ccccc3OC[C@H]2O)[C@H](C(=O)NCC(F)(F)F)C1. The van der Waals surface area contributed by atoms with Crippen molar-refractivity contribution >= 4 is 11.8 Å². The number of carbonyl (C=O) groups excluding carboxylic acids is 2. The Morgan fingerprint density at radius 3 is 2.51 bits per heavy atom. The Labute approximate surface area is 316 Å². The highest BCUT2D eigenvalue weighted by atomic mass is 19.4. The molecular formula is C40H45F4N5O6. The Morgan fingerprint density at radius 2 is 1.76 bits per heavy atom. The molecule has 2 aliphatic rings. The number of fused-ring (bicyclic) bond motifs is 1. The summed E-state index contributed by atoms with van der Waals surface area (Å²) in [6.07, 6.45) is -5.13. The van der Waals surface area contributed by atoms with E-state index >= 15 is 0 Å². The van der Waals surface area contributed by atoms with Crippen LogP contribution in [0.25, 0.3) is 11.3 Å². The summed E-state index contributed by atoms with van der Waals surface area (Å²) in [7, 11) is 0. The third-order valence-electron chi connectivity index (χ3n) is 10.2. The van der Waals surface area contributed by atoms with E-state index in [0.29, 0.717) is 29.2 Å². The van der Waals surface area contributed by atoms with Crippen molar-refractivity contribution in [2.75, 3.05) is 39.3 Å². The number of benzene rings is 3. The molecule has 3 heterocycles. The number of ether oxygens (including phenoxy) is 1. The van der Waals surface area contributed by atoms with Gasteiger partial charge in [-0.3, -0.25) is 19.4 Å². The first kappa shape index (κ1) is 39.9. The number of oxazole rings is 1. The molecule has 0 spiro atoms. The molecule has 2 aliphatic heterocycles. The summed E-state index contributed by atoms with van der Waals surface area (Å²) in [6, 6.07) is 20.3. The predicted molar refractivity (Wildman–Crippen MR) is 194 cm³/mol. The second-order valence-electron chi connectivity index (χ2n) is 14.6. The van der Waals surface area contributed by atoms with E-state index in [1.165, 1.54) is 18.3 Å². The van der Waals surface area contributed by atoms with E-state index in [2.05, 4.69) is 10.3 Å². The normalized spacial score (nSPS) is 20.5. The van der Waals surface area contributed by atoms with Crippen LogP contribution >= 0.6 is 0 Å². The topological polar surface area (TPSA) is 140 Å². The minimum absolute atomic E-state index is 0.0152. The Hall–Kier alpha value is -4.83. The average molecular weight is 768 g/mol. The summed E-state index contributed by atoms with van der Waals surface area (Å²) < 4.78 is 65.3. The number of nitrogens with one attached hydrogen (secondary N) is 2. The molecule has 2 amide bonds. The number of piperazine rings is 1. The van der Waals surface area contributed by atoms with Crippen molar-refractivity contribution in [3.8, 4) is 17.1 Å². The molecule has 4 aromatic rings. The van der Waals surface area contributed by atoms with E-state index in [1.807, 2.05) is 54.4 Å². The van der Waals surface area contributed by atoms with Crippen LogP contribution in [0, 0.1) is 11.7 Å². The molecule has 4 N–H and O–H groups in total. The fraction of sp³-hybridized carbons (Fsp3) is 0.425. The standard InChI is InChI=1S/C40H45F4N5O6/c1-39(2,38-45-20-34(55-38)26-11-8-12-28(41)18-26)49-16-15-48(31(22-49)37(53)46-24-40(42,43)44)21-29(50)19-27(17-25-9-4-3-5-10-25)36(52)47-35-30-13-6-7-14-33(30)54-23-32(35)51/h3-14,18,20,27,29,31-32,35,50-51H,15-17,19,21-24H2,1-2H3,(H,46,53)(H,47,52)/t27-,29+,31+,32-,35+/m1/s1. The lowest BCUT2D eigenvalue weighted by Gasteiger charge is -2.46. The second kappa shape index (κ2) is 16.9. The van der Waals surface area contributed by atoms with E-state index in [4.69, 9.17) is 9.15 Å². The first-order valence-corrected chi connectivity index (χ1v) is 18.2. The molecule has 1 aromatic heterocycles. The number of amides is 2. The zero-order valence-electron chi connectivity index (χ0n) is 30.5.